The summed E-state index contributed by atoms with van der Waals surface area (Å²) in [6, 6.07) is 6.63. The first-order valence-corrected chi connectivity index (χ1v) is 8.50. The Kier molecular flexibility index (Phi) is 5.65. The fraction of sp³-hybridized carbons (Fsp3) is 0.562. The highest BCUT2D eigenvalue weighted by molar-refractivity contribution is 7.99. The van der Waals surface area contributed by atoms with Crippen molar-refractivity contribution < 1.29 is 9.18 Å². The van der Waals surface area contributed by atoms with Crippen molar-refractivity contribution in [2.75, 3.05) is 12.3 Å². The van der Waals surface area contributed by atoms with Crippen LogP contribution < -0.4 is 11.1 Å². The van der Waals surface area contributed by atoms with Crippen molar-refractivity contribution >= 4 is 17.7 Å². The maximum atomic E-state index is 13.1. The molecule has 1 fully saturated rings. The molecule has 0 aromatic heterocycles. The van der Waals surface area contributed by atoms with E-state index in [4.69, 9.17) is 5.73 Å². The van der Waals surface area contributed by atoms with Crippen LogP contribution in [0.1, 0.15) is 32.6 Å². The van der Waals surface area contributed by atoms with E-state index in [1.54, 1.807) is 23.9 Å². The second-order valence-corrected chi connectivity index (χ2v) is 6.72. The lowest BCUT2D eigenvalue weighted by molar-refractivity contribution is -0.125. The smallest absolute Gasteiger partial charge is 0.238 e. The topological polar surface area (TPSA) is 55.1 Å². The molecule has 21 heavy (non-hydrogen) atoms. The van der Waals surface area contributed by atoms with Gasteiger partial charge in [0.1, 0.15) is 11.4 Å². The Bertz CT molecular complexity index is 497. The van der Waals surface area contributed by atoms with Crippen LogP contribution in [0, 0.1) is 11.7 Å². The summed E-state index contributed by atoms with van der Waals surface area (Å²) < 4.78 is 13.1. The Balaban J connectivity index is 1.93. The van der Waals surface area contributed by atoms with E-state index in [0.717, 1.165) is 42.9 Å². The first-order chi connectivity index (χ1) is 10.1. The Morgan fingerprint density at radius 3 is 3.05 bits per heavy atom. The van der Waals surface area contributed by atoms with E-state index >= 15 is 0 Å². The number of rotatable bonds is 7. The van der Waals surface area contributed by atoms with E-state index in [1.165, 1.54) is 6.07 Å². The minimum Gasteiger partial charge on any atom is -0.368 e. The molecule has 2 unspecified atom stereocenters. The number of carbonyl (C=O) groups excluding carboxylic acids is 1. The van der Waals surface area contributed by atoms with Gasteiger partial charge in [0.15, 0.2) is 0 Å². The number of likely N-dealkylation sites (N-methyl/N-ethyl adjacent to an activating group) is 1. The van der Waals surface area contributed by atoms with Crippen molar-refractivity contribution in [1.82, 2.24) is 5.32 Å². The van der Waals surface area contributed by atoms with Gasteiger partial charge in [-0.25, -0.2) is 4.39 Å². The maximum Gasteiger partial charge on any atom is 0.238 e. The molecule has 2 atom stereocenters. The third kappa shape index (κ3) is 3.77. The lowest BCUT2D eigenvalue weighted by Crippen LogP contribution is -2.57. The van der Waals surface area contributed by atoms with Gasteiger partial charge in [-0.2, -0.15) is 0 Å². The van der Waals surface area contributed by atoms with Crippen molar-refractivity contribution in [3.8, 4) is 0 Å². The number of halogens is 1. The predicted octanol–water partition coefficient (Wildman–Crippen LogP) is 2.94. The number of hydrogen-bond donors (Lipinski definition) is 2. The van der Waals surface area contributed by atoms with Gasteiger partial charge in [0.25, 0.3) is 0 Å². The van der Waals surface area contributed by atoms with E-state index in [0.29, 0.717) is 0 Å². The highest BCUT2D eigenvalue weighted by Crippen LogP contribution is 2.39. The van der Waals surface area contributed by atoms with Gasteiger partial charge in [-0.05, 0) is 55.7 Å². The van der Waals surface area contributed by atoms with E-state index in [9.17, 15) is 9.18 Å². The predicted molar refractivity (Wildman–Crippen MR) is 84.7 cm³/mol. The highest BCUT2D eigenvalue weighted by Gasteiger charge is 2.46. The molecule has 0 heterocycles. The van der Waals surface area contributed by atoms with Crippen molar-refractivity contribution in [2.24, 2.45) is 11.7 Å². The van der Waals surface area contributed by atoms with Crippen LogP contribution >= 0.6 is 11.8 Å². The van der Waals surface area contributed by atoms with Crippen LogP contribution in [0.2, 0.25) is 0 Å². The van der Waals surface area contributed by atoms with Crippen molar-refractivity contribution in [1.29, 1.82) is 0 Å². The van der Waals surface area contributed by atoms with Crippen LogP contribution in [0.15, 0.2) is 29.2 Å². The van der Waals surface area contributed by atoms with E-state index in [-0.39, 0.29) is 17.6 Å². The largest absolute Gasteiger partial charge is 0.368 e. The molecule has 116 valence electrons. The van der Waals surface area contributed by atoms with Gasteiger partial charge in [0.05, 0.1) is 0 Å². The normalized spacial score (nSPS) is 25.1. The standard InChI is InChI=1S/C16H23FN2OS/c1-2-19-16(15(18)20)9-4-5-12(16)8-10-21-14-7-3-6-13(17)11-14/h3,6-7,11-12,19H,2,4-5,8-10H2,1H3,(H2,18,20). The van der Waals surface area contributed by atoms with Crippen molar-refractivity contribution in [3.63, 3.8) is 0 Å². The summed E-state index contributed by atoms with van der Waals surface area (Å²) >= 11 is 1.63. The average Bonchev–Trinajstić information content (AvgIpc) is 2.84. The fourth-order valence-corrected chi connectivity index (χ4v) is 4.31. The molecular formula is C16H23FN2OS. The lowest BCUT2D eigenvalue weighted by Gasteiger charge is -2.33. The Labute approximate surface area is 129 Å². The van der Waals surface area contributed by atoms with Crippen molar-refractivity contribution in [3.05, 3.63) is 30.1 Å². The van der Waals surface area contributed by atoms with Crippen LogP contribution in [-0.2, 0) is 4.79 Å². The highest BCUT2D eigenvalue weighted by atomic mass is 32.2. The molecule has 1 aromatic rings. The average molecular weight is 310 g/mol. The number of nitrogens with one attached hydrogen (secondary N) is 1. The molecule has 1 aromatic carbocycles. The van der Waals surface area contributed by atoms with Crippen LogP contribution in [0.25, 0.3) is 0 Å². The molecule has 1 amide bonds. The zero-order valence-electron chi connectivity index (χ0n) is 12.4. The zero-order valence-corrected chi connectivity index (χ0v) is 13.2. The number of amides is 1. The summed E-state index contributed by atoms with van der Waals surface area (Å²) in [6.45, 7) is 2.75. The molecule has 1 aliphatic carbocycles. The van der Waals surface area contributed by atoms with Gasteiger partial charge in [0.2, 0.25) is 5.91 Å². The number of thioether (sulfide) groups is 1. The minimum atomic E-state index is -0.544. The van der Waals surface area contributed by atoms with Crippen LogP contribution in [0.4, 0.5) is 4.39 Å². The molecule has 0 radical (unpaired) electrons. The number of carbonyl (C=O) groups is 1. The first kappa shape index (κ1) is 16.3. The number of primary amides is 1. The molecule has 0 aliphatic heterocycles. The summed E-state index contributed by atoms with van der Waals surface area (Å²) in [6.07, 6.45) is 3.80. The van der Waals surface area contributed by atoms with Crippen LogP contribution in [0.3, 0.4) is 0 Å². The number of hydrogen-bond acceptors (Lipinski definition) is 3. The molecular weight excluding hydrogens is 287 g/mol. The Hall–Kier alpha value is -1.07. The zero-order chi connectivity index (χ0) is 15.3. The number of nitrogens with two attached hydrogens (primary N) is 1. The summed E-state index contributed by atoms with van der Waals surface area (Å²) in [5, 5.41) is 3.32. The van der Waals surface area contributed by atoms with Gasteiger partial charge in [0, 0.05) is 4.90 Å². The molecule has 2 rings (SSSR count). The Morgan fingerprint density at radius 2 is 2.38 bits per heavy atom. The molecule has 1 saturated carbocycles. The second kappa shape index (κ2) is 7.27. The molecule has 0 saturated heterocycles. The molecule has 1 aliphatic rings. The number of benzene rings is 1. The molecule has 0 bridgehead atoms. The van der Waals surface area contributed by atoms with Crippen molar-refractivity contribution in [2.45, 2.75) is 43.0 Å². The fourth-order valence-electron chi connectivity index (χ4n) is 3.30. The summed E-state index contributed by atoms with van der Waals surface area (Å²) in [5.74, 6) is 0.702. The molecule has 3 N–H and O–H groups in total. The van der Waals surface area contributed by atoms with E-state index in [2.05, 4.69) is 5.32 Å². The summed E-state index contributed by atoms with van der Waals surface area (Å²) in [5.41, 5.74) is 5.11. The Morgan fingerprint density at radius 1 is 1.57 bits per heavy atom. The van der Waals surface area contributed by atoms with Gasteiger partial charge < -0.3 is 11.1 Å². The summed E-state index contributed by atoms with van der Waals surface area (Å²) in [4.78, 5) is 12.8. The van der Waals surface area contributed by atoms with E-state index < -0.39 is 5.54 Å². The van der Waals surface area contributed by atoms with Gasteiger partial charge >= 0.3 is 0 Å². The maximum absolute atomic E-state index is 13.1. The third-order valence-corrected chi connectivity index (χ3v) is 5.31. The third-order valence-electron chi connectivity index (χ3n) is 4.28. The van der Waals surface area contributed by atoms with Gasteiger partial charge in [-0.3, -0.25) is 4.79 Å². The first-order valence-electron chi connectivity index (χ1n) is 7.52. The monoisotopic (exact) mass is 310 g/mol. The minimum absolute atomic E-state index is 0.208. The molecule has 0 spiro atoms. The van der Waals surface area contributed by atoms with Crippen LogP contribution in [-0.4, -0.2) is 23.7 Å². The van der Waals surface area contributed by atoms with E-state index in [1.807, 2.05) is 13.0 Å². The molecule has 3 nitrogen and oxygen atoms in total. The van der Waals surface area contributed by atoms with Gasteiger partial charge in [-0.1, -0.05) is 19.4 Å². The lowest BCUT2D eigenvalue weighted by atomic mass is 9.84. The summed E-state index contributed by atoms with van der Waals surface area (Å²) in [7, 11) is 0. The van der Waals surface area contributed by atoms with Crippen LogP contribution in [0.5, 0.6) is 0 Å². The van der Waals surface area contributed by atoms with Gasteiger partial charge in [-0.15, -0.1) is 11.8 Å². The second-order valence-electron chi connectivity index (χ2n) is 5.55. The quantitative estimate of drug-likeness (QED) is 0.761. The molecule has 5 heteroatoms. The SMILES string of the molecule is CCNC1(C(N)=O)CCCC1CCSc1cccc(F)c1.